The van der Waals surface area contributed by atoms with Gasteiger partial charge in [-0.25, -0.2) is 9.59 Å². The van der Waals surface area contributed by atoms with Crippen LogP contribution >= 0.6 is 0 Å². The Labute approximate surface area is 128 Å². The molecule has 0 saturated carbocycles. The van der Waals surface area contributed by atoms with Crippen molar-refractivity contribution in [2.45, 2.75) is 19.4 Å². The molecular weight excluding hydrogens is 286 g/mol. The molecule has 118 valence electrons. The van der Waals surface area contributed by atoms with Crippen molar-refractivity contribution >= 4 is 17.8 Å². The van der Waals surface area contributed by atoms with E-state index in [9.17, 15) is 14.4 Å². The molecule has 1 fully saturated rings. The predicted molar refractivity (Wildman–Crippen MR) is 76.5 cm³/mol. The highest BCUT2D eigenvalue weighted by Crippen LogP contribution is 2.65. The van der Waals surface area contributed by atoms with Gasteiger partial charge in [-0.15, -0.1) is 0 Å². The zero-order valence-corrected chi connectivity index (χ0v) is 13.3. The number of ether oxygens (including phenoxy) is 2. The van der Waals surface area contributed by atoms with E-state index in [2.05, 4.69) is 0 Å². The number of allylic oxidation sites excluding steroid dienone is 1. The molecule has 0 N–H and O–H groups in total. The van der Waals surface area contributed by atoms with Crippen LogP contribution in [0.15, 0.2) is 23.3 Å². The first-order valence-electron chi connectivity index (χ1n) is 7.14. The zero-order valence-electron chi connectivity index (χ0n) is 13.3. The van der Waals surface area contributed by atoms with Crippen molar-refractivity contribution in [2.75, 3.05) is 21.3 Å². The third-order valence-corrected chi connectivity index (χ3v) is 5.94. The summed E-state index contributed by atoms with van der Waals surface area (Å²) in [4.78, 5) is 38.7. The first-order chi connectivity index (χ1) is 10.3. The summed E-state index contributed by atoms with van der Waals surface area (Å²) in [6, 6.07) is 0. The van der Waals surface area contributed by atoms with Crippen LogP contribution < -0.4 is 0 Å². The Balaban J connectivity index is 2.27. The molecule has 0 aromatic carbocycles. The number of amides is 1. The Kier molecular flexibility index (Phi) is 2.84. The molecule has 4 rings (SSSR count). The van der Waals surface area contributed by atoms with E-state index in [1.54, 1.807) is 11.9 Å². The summed E-state index contributed by atoms with van der Waals surface area (Å²) < 4.78 is 9.72. The number of β-lactam (4-membered cyclic amide) rings is 1. The van der Waals surface area contributed by atoms with Crippen molar-refractivity contribution in [2.24, 2.45) is 17.3 Å². The van der Waals surface area contributed by atoms with Crippen LogP contribution in [0.4, 0.5) is 0 Å². The van der Waals surface area contributed by atoms with Crippen molar-refractivity contribution in [1.82, 2.24) is 4.90 Å². The quantitative estimate of drug-likeness (QED) is 0.426. The molecule has 0 unspecified atom stereocenters. The van der Waals surface area contributed by atoms with E-state index >= 15 is 0 Å². The van der Waals surface area contributed by atoms with Gasteiger partial charge in [0.2, 0.25) is 5.91 Å². The number of carbonyl (C=O) groups is 3. The van der Waals surface area contributed by atoms with E-state index in [0.29, 0.717) is 5.57 Å². The molecule has 1 amide bonds. The molecule has 0 aromatic heterocycles. The van der Waals surface area contributed by atoms with Crippen LogP contribution in [0.3, 0.4) is 0 Å². The van der Waals surface area contributed by atoms with Gasteiger partial charge in [-0.2, -0.15) is 0 Å². The summed E-state index contributed by atoms with van der Waals surface area (Å²) in [7, 11) is 4.28. The lowest BCUT2D eigenvalue weighted by atomic mass is 9.43. The number of hydrogen-bond donors (Lipinski definition) is 0. The summed E-state index contributed by atoms with van der Waals surface area (Å²) in [6.07, 6.45) is 3.74. The maximum absolute atomic E-state index is 12.5. The molecule has 1 heterocycles. The van der Waals surface area contributed by atoms with Crippen LogP contribution in [0.1, 0.15) is 13.8 Å². The van der Waals surface area contributed by atoms with Crippen LogP contribution in [0.2, 0.25) is 0 Å². The maximum Gasteiger partial charge on any atom is 0.334 e. The van der Waals surface area contributed by atoms with Crippen LogP contribution in [-0.2, 0) is 23.9 Å². The molecule has 6 heteroatoms. The second-order valence-electron chi connectivity index (χ2n) is 6.36. The highest BCUT2D eigenvalue weighted by molar-refractivity contribution is 6.07. The Morgan fingerprint density at radius 2 is 1.50 bits per heavy atom. The van der Waals surface area contributed by atoms with E-state index in [0.717, 1.165) is 0 Å². The van der Waals surface area contributed by atoms with Gasteiger partial charge >= 0.3 is 11.9 Å². The van der Waals surface area contributed by atoms with Gasteiger partial charge < -0.3 is 14.4 Å². The lowest BCUT2D eigenvalue weighted by Gasteiger charge is -2.70. The van der Waals surface area contributed by atoms with E-state index in [4.69, 9.17) is 9.47 Å². The molecule has 4 aliphatic rings. The Morgan fingerprint density at radius 1 is 1.05 bits per heavy atom. The fourth-order valence-electron chi connectivity index (χ4n) is 4.44. The summed E-state index contributed by atoms with van der Waals surface area (Å²) >= 11 is 0. The first-order valence-corrected chi connectivity index (χ1v) is 7.14. The molecule has 2 bridgehead atoms. The number of rotatable bonds is 2. The van der Waals surface area contributed by atoms with Crippen LogP contribution in [-0.4, -0.2) is 49.6 Å². The summed E-state index contributed by atoms with van der Waals surface area (Å²) in [6.45, 7) is 3.81. The molecule has 1 aliphatic heterocycles. The average molecular weight is 305 g/mol. The fraction of sp³-hybridized carbons (Fsp3) is 0.562. The van der Waals surface area contributed by atoms with Gasteiger partial charge in [-0.3, -0.25) is 4.79 Å². The van der Waals surface area contributed by atoms with Crippen molar-refractivity contribution < 1.29 is 23.9 Å². The fourth-order valence-corrected chi connectivity index (χ4v) is 4.44. The summed E-state index contributed by atoms with van der Waals surface area (Å²) in [5.41, 5.74) is -0.739. The highest BCUT2D eigenvalue weighted by Gasteiger charge is 2.75. The van der Waals surface area contributed by atoms with Gasteiger partial charge in [-0.05, 0) is 13.8 Å². The largest absolute Gasteiger partial charge is 0.466 e. The molecule has 6 nitrogen and oxygen atoms in total. The molecule has 3 aliphatic carbocycles. The van der Waals surface area contributed by atoms with E-state index < -0.39 is 28.8 Å². The topological polar surface area (TPSA) is 72.9 Å². The zero-order chi connectivity index (χ0) is 16.4. The molecule has 0 spiro atoms. The summed E-state index contributed by atoms with van der Waals surface area (Å²) in [5.74, 6) is -2.01. The number of hydrogen-bond acceptors (Lipinski definition) is 5. The number of methoxy groups -OCH3 is 2. The van der Waals surface area contributed by atoms with Crippen molar-refractivity contribution in [3.05, 3.63) is 23.3 Å². The Bertz CT molecular complexity index is 663. The van der Waals surface area contributed by atoms with E-state index in [1.807, 2.05) is 26.0 Å². The minimum Gasteiger partial charge on any atom is -0.466 e. The second-order valence-corrected chi connectivity index (χ2v) is 6.36. The standard InChI is InChI=1S/C16H19NO5/c1-15-8-6-7-9(16(15,2)17(3)14(15)20)11(13(19)22-5)10(8)12(18)21-4/h6-9H,1-5H3/t8-,9+,15-,16-/m0/s1. The molecular formula is C16H19NO5. The van der Waals surface area contributed by atoms with Gasteiger partial charge in [0, 0.05) is 18.9 Å². The van der Waals surface area contributed by atoms with Crippen LogP contribution in [0, 0.1) is 17.3 Å². The Hall–Kier alpha value is -2.11. The monoisotopic (exact) mass is 305 g/mol. The van der Waals surface area contributed by atoms with Crippen molar-refractivity contribution in [3.8, 4) is 0 Å². The maximum atomic E-state index is 12.5. The van der Waals surface area contributed by atoms with Gasteiger partial charge in [0.25, 0.3) is 0 Å². The number of nitrogens with zero attached hydrogens (tertiary/aromatic N) is 1. The smallest absolute Gasteiger partial charge is 0.334 e. The number of carbonyl (C=O) groups excluding carboxylic acids is 3. The van der Waals surface area contributed by atoms with Crippen LogP contribution in [0.5, 0.6) is 0 Å². The highest BCUT2D eigenvalue weighted by atomic mass is 16.5. The molecule has 22 heavy (non-hydrogen) atoms. The molecule has 0 radical (unpaired) electrons. The van der Waals surface area contributed by atoms with Gasteiger partial charge in [-0.1, -0.05) is 12.2 Å². The lowest BCUT2D eigenvalue weighted by Crippen LogP contribution is -2.81. The van der Waals surface area contributed by atoms with E-state index in [1.165, 1.54) is 14.2 Å². The minimum absolute atomic E-state index is 0.0281. The normalized spacial score (nSPS) is 38.6. The third-order valence-electron chi connectivity index (χ3n) is 5.94. The van der Waals surface area contributed by atoms with Crippen molar-refractivity contribution in [3.63, 3.8) is 0 Å². The van der Waals surface area contributed by atoms with Crippen molar-refractivity contribution in [1.29, 1.82) is 0 Å². The third kappa shape index (κ3) is 1.25. The number of likely N-dealkylation sites (tertiary alicyclic amines) is 1. The molecule has 1 saturated heterocycles. The van der Waals surface area contributed by atoms with Gasteiger partial charge in [0.05, 0.1) is 36.3 Å². The van der Waals surface area contributed by atoms with Gasteiger partial charge in [0.1, 0.15) is 0 Å². The predicted octanol–water partition coefficient (Wildman–Crippen LogP) is 0.682. The second kappa shape index (κ2) is 4.21. The SMILES string of the molecule is COC(=O)C1=C(C(=O)OC)[C@@H]2C=C[C@H]1[C@]1(C)N(C)C(=O)[C@]21C. The lowest BCUT2D eigenvalue weighted by molar-refractivity contribution is -0.200. The molecule has 4 atom stereocenters. The molecule has 0 aromatic rings. The summed E-state index contributed by atoms with van der Waals surface area (Å²) in [5, 5.41) is 0. The minimum atomic E-state index is -0.748. The Morgan fingerprint density at radius 3 is 2.00 bits per heavy atom. The first kappa shape index (κ1) is 14.8. The van der Waals surface area contributed by atoms with E-state index in [-0.39, 0.29) is 17.4 Å². The van der Waals surface area contributed by atoms with Crippen LogP contribution in [0.25, 0.3) is 0 Å². The number of esters is 2. The average Bonchev–Trinajstić information content (AvgIpc) is 2.55. The van der Waals surface area contributed by atoms with Gasteiger partial charge in [0.15, 0.2) is 0 Å².